The molecule has 1 fully saturated rings. The predicted octanol–water partition coefficient (Wildman–Crippen LogP) is 1.80. The van der Waals surface area contributed by atoms with Gasteiger partial charge < -0.3 is 10.0 Å². The molecule has 0 saturated carbocycles. The van der Waals surface area contributed by atoms with Crippen molar-refractivity contribution in [1.82, 2.24) is 4.90 Å². The molecule has 5 heteroatoms. The number of aryl methyl sites for hydroxylation is 1. The summed E-state index contributed by atoms with van der Waals surface area (Å²) >= 11 is 0. The molecule has 0 aliphatic carbocycles. The molecule has 1 unspecified atom stereocenters. The second-order valence-corrected chi connectivity index (χ2v) is 9.07. The van der Waals surface area contributed by atoms with Gasteiger partial charge in [0.15, 0.2) is 9.84 Å². The maximum Gasteiger partial charge on any atom is 0.150 e. The van der Waals surface area contributed by atoms with Crippen molar-refractivity contribution in [2.75, 3.05) is 25.1 Å². The van der Waals surface area contributed by atoms with E-state index in [9.17, 15) is 13.5 Å². The molecule has 1 aliphatic rings. The van der Waals surface area contributed by atoms with E-state index in [1.807, 2.05) is 13.1 Å². The van der Waals surface area contributed by atoms with Gasteiger partial charge in [0, 0.05) is 12.6 Å². The molecular formula is C17H27NO3S. The quantitative estimate of drug-likeness (QED) is 0.897. The standard InChI is InChI=1S/C17H27NO3S/c1-14-6-4-5-7-16(14)12-15(2)18(3)13-17(19)8-10-22(20,21)11-9-17/h4-7,15,19H,8-13H2,1-3H3. The smallest absolute Gasteiger partial charge is 0.150 e. The molecule has 124 valence electrons. The van der Waals surface area contributed by atoms with Crippen LogP contribution in [-0.4, -0.2) is 55.2 Å². The summed E-state index contributed by atoms with van der Waals surface area (Å²) in [6.07, 6.45) is 1.62. The monoisotopic (exact) mass is 325 g/mol. The average Bonchev–Trinajstić information content (AvgIpc) is 2.45. The molecule has 0 amide bonds. The van der Waals surface area contributed by atoms with E-state index < -0.39 is 15.4 Å². The first kappa shape index (κ1) is 17.4. The Morgan fingerprint density at radius 1 is 1.27 bits per heavy atom. The van der Waals surface area contributed by atoms with Gasteiger partial charge in [-0.15, -0.1) is 0 Å². The molecule has 0 spiro atoms. The van der Waals surface area contributed by atoms with Crippen molar-refractivity contribution >= 4 is 9.84 Å². The van der Waals surface area contributed by atoms with Gasteiger partial charge >= 0.3 is 0 Å². The third-order valence-electron chi connectivity index (χ3n) is 4.83. The number of aliphatic hydroxyl groups is 1. The van der Waals surface area contributed by atoms with Gasteiger partial charge in [0.1, 0.15) is 0 Å². The Morgan fingerprint density at radius 3 is 2.45 bits per heavy atom. The molecule has 1 saturated heterocycles. The van der Waals surface area contributed by atoms with Crippen LogP contribution in [0.4, 0.5) is 0 Å². The van der Waals surface area contributed by atoms with E-state index in [1.54, 1.807) is 0 Å². The third kappa shape index (κ3) is 4.54. The fourth-order valence-corrected chi connectivity index (χ4v) is 4.60. The van der Waals surface area contributed by atoms with Crippen LogP contribution < -0.4 is 0 Å². The highest BCUT2D eigenvalue weighted by Crippen LogP contribution is 2.25. The van der Waals surface area contributed by atoms with Crippen molar-refractivity contribution in [2.24, 2.45) is 0 Å². The number of sulfone groups is 1. The lowest BCUT2D eigenvalue weighted by Gasteiger charge is -2.37. The van der Waals surface area contributed by atoms with Crippen LogP contribution in [0.5, 0.6) is 0 Å². The first-order chi connectivity index (χ1) is 10.2. The van der Waals surface area contributed by atoms with Gasteiger partial charge in [-0.05, 0) is 51.3 Å². The van der Waals surface area contributed by atoms with Gasteiger partial charge in [-0.3, -0.25) is 0 Å². The lowest BCUT2D eigenvalue weighted by molar-refractivity contribution is -0.00679. The number of nitrogens with zero attached hydrogens (tertiary/aromatic N) is 1. The molecular weight excluding hydrogens is 298 g/mol. The second kappa shape index (κ2) is 6.69. The van der Waals surface area contributed by atoms with Crippen molar-refractivity contribution in [3.63, 3.8) is 0 Å². The van der Waals surface area contributed by atoms with Crippen molar-refractivity contribution in [1.29, 1.82) is 0 Å². The summed E-state index contributed by atoms with van der Waals surface area (Å²) in [6.45, 7) is 4.78. The van der Waals surface area contributed by atoms with E-state index in [4.69, 9.17) is 0 Å². The Labute approximate surface area is 134 Å². The highest BCUT2D eigenvalue weighted by Gasteiger charge is 2.36. The van der Waals surface area contributed by atoms with Crippen LogP contribution >= 0.6 is 0 Å². The highest BCUT2D eigenvalue weighted by atomic mass is 32.2. The lowest BCUT2D eigenvalue weighted by atomic mass is 9.94. The van der Waals surface area contributed by atoms with E-state index >= 15 is 0 Å². The van der Waals surface area contributed by atoms with Crippen LogP contribution in [-0.2, 0) is 16.3 Å². The number of likely N-dealkylation sites (N-methyl/N-ethyl adjacent to an activating group) is 1. The Balaban J connectivity index is 1.94. The Bertz CT molecular complexity index is 598. The van der Waals surface area contributed by atoms with Gasteiger partial charge in [-0.1, -0.05) is 24.3 Å². The fraction of sp³-hybridized carbons (Fsp3) is 0.647. The summed E-state index contributed by atoms with van der Waals surface area (Å²) in [5, 5.41) is 10.6. The maximum atomic E-state index is 11.5. The normalized spacial score (nSPS) is 21.7. The van der Waals surface area contributed by atoms with Crippen molar-refractivity contribution < 1.29 is 13.5 Å². The summed E-state index contributed by atoms with van der Waals surface area (Å²) in [6, 6.07) is 8.64. The lowest BCUT2D eigenvalue weighted by Crippen LogP contribution is -2.49. The molecule has 1 aromatic carbocycles. The van der Waals surface area contributed by atoms with E-state index in [1.165, 1.54) is 11.1 Å². The molecule has 1 aromatic rings. The molecule has 22 heavy (non-hydrogen) atoms. The summed E-state index contributed by atoms with van der Waals surface area (Å²) in [4.78, 5) is 2.14. The topological polar surface area (TPSA) is 57.6 Å². The molecule has 0 radical (unpaired) electrons. The fourth-order valence-electron chi connectivity index (χ4n) is 3.01. The maximum absolute atomic E-state index is 11.5. The molecule has 1 heterocycles. The third-order valence-corrected chi connectivity index (χ3v) is 6.48. The zero-order valence-electron chi connectivity index (χ0n) is 13.7. The summed E-state index contributed by atoms with van der Waals surface area (Å²) in [5.41, 5.74) is 1.73. The highest BCUT2D eigenvalue weighted by molar-refractivity contribution is 7.91. The van der Waals surface area contributed by atoms with Gasteiger partial charge in [-0.25, -0.2) is 8.42 Å². The zero-order chi connectivity index (χ0) is 16.4. The molecule has 1 aliphatic heterocycles. The van der Waals surface area contributed by atoms with Gasteiger partial charge in [0.2, 0.25) is 0 Å². The predicted molar refractivity (Wildman–Crippen MR) is 89.8 cm³/mol. The molecule has 1 N–H and O–H groups in total. The van der Waals surface area contributed by atoms with Gasteiger partial charge in [0.25, 0.3) is 0 Å². The van der Waals surface area contributed by atoms with Gasteiger partial charge in [0.05, 0.1) is 17.1 Å². The van der Waals surface area contributed by atoms with E-state index in [0.29, 0.717) is 25.4 Å². The van der Waals surface area contributed by atoms with Crippen LogP contribution in [0.1, 0.15) is 30.9 Å². The van der Waals surface area contributed by atoms with Crippen LogP contribution in [0.2, 0.25) is 0 Å². The summed E-state index contributed by atoms with van der Waals surface area (Å²) in [5.74, 6) is 0.201. The van der Waals surface area contributed by atoms with Crippen LogP contribution in [0, 0.1) is 6.92 Å². The van der Waals surface area contributed by atoms with E-state index in [-0.39, 0.29) is 11.5 Å². The minimum atomic E-state index is -2.94. The summed E-state index contributed by atoms with van der Waals surface area (Å²) in [7, 11) is -0.939. The Morgan fingerprint density at radius 2 is 1.86 bits per heavy atom. The number of benzene rings is 1. The van der Waals surface area contributed by atoms with Gasteiger partial charge in [-0.2, -0.15) is 0 Å². The molecule has 1 atom stereocenters. The molecule has 4 nitrogen and oxygen atoms in total. The first-order valence-electron chi connectivity index (χ1n) is 7.88. The van der Waals surface area contributed by atoms with Crippen molar-refractivity contribution in [3.05, 3.63) is 35.4 Å². The second-order valence-electron chi connectivity index (χ2n) is 6.77. The number of hydrogen-bond donors (Lipinski definition) is 1. The zero-order valence-corrected chi connectivity index (χ0v) is 14.6. The van der Waals surface area contributed by atoms with Crippen molar-refractivity contribution in [2.45, 2.75) is 44.8 Å². The SMILES string of the molecule is Cc1ccccc1CC(C)N(C)CC1(O)CCS(=O)(=O)CC1. The molecule has 0 bridgehead atoms. The van der Waals surface area contributed by atoms with Crippen molar-refractivity contribution in [3.8, 4) is 0 Å². The molecule has 2 rings (SSSR count). The number of hydrogen-bond acceptors (Lipinski definition) is 4. The van der Waals surface area contributed by atoms with Crippen LogP contribution in [0.3, 0.4) is 0 Å². The largest absolute Gasteiger partial charge is 0.388 e. The van der Waals surface area contributed by atoms with E-state index in [2.05, 4.69) is 36.9 Å². The van der Waals surface area contributed by atoms with Crippen LogP contribution in [0.15, 0.2) is 24.3 Å². The Hall–Kier alpha value is -0.910. The van der Waals surface area contributed by atoms with E-state index in [0.717, 1.165) is 6.42 Å². The van der Waals surface area contributed by atoms with Crippen LogP contribution in [0.25, 0.3) is 0 Å². The minimum Gasteiger partial charge on any atom is -0.388 e. The first-order valence-corrected chi connectivity index (χ1v) is 9.70. The average molecular weight is 325 g/mol. The Kier molecular flexibility index (Phi) is 5.30. The summed E-state index contributed by atoms with van der Waals surface area (Å²) < 4.78 is 23.0. The number of rotatable bonds is 5. The minimum absolute atomic E-state index is 0.101. The molecule has 0 aromatic heterocycles.